The fourth-order valence-corrected chi connectivity index (χ4v) is 1.23. The lowest BCUT2D eigenvalue weighted by Crippen LogP contribution is -2.01. The molecule has 0 aliphatic carbocycles. The fraction of sp³-hybridized carbons (Fsp3) is 0.364. The van der Waals surface area contributed by atoms with Crippen molar-refractivity contribution in [1.82, 2.24) is 0 Å². The second-order valence-corrected chi connectivity index (χ2v) is 3.57. The molecule has 1 rings (SSSR count). The van der Waals surface area contributed by atoms with Crippen molar-refractivity contribution in [3.05, 3.63) is 23.8 Å². The lowest BCUT2D eigenvalue weighted by molar-refractivity contribution is 0.108. The number of carbonyl (C=O) groups excluding carboxylic acids is 1. The number of carbonyl (C=O) groups is 1. The van der Waals surface area contributed by atoms with Crippen LogP contribution in [0.2, 0.25) is 0 Å². The van der Waals surface area contributed by atoms with Gasteiger partial charge in [0.1, 0.15) is 5.75 Å². The van der Waals surface area contributed by atoms with Crippen LogP contribution in [0.5, 0.6) is 5.75 Å². The van der Waals surface area contributed by atoms with Crippen molar-refractivity contribution in [3.63, 3.8) is 0 Å². The zero-order chi connectivity index (χ0) is 11.3. The summed E-state index contributed by atoms with van der Waals surface area (Å²) in [6, 6.07) is 4.77. The van der Waals surface area contributed by atoms with Crippen LogP contribution >= 0.6 is 11.6 Å². The third-order valence-corrected chi connectivity index (χ3v) is 2.21. The molecule has 1 aromatic carbocycles. The number of ether oxygens (including phenoxy) is 1. The number of hydrogen-bond donors (Lipinski definition) is 1. The number of rotatable bonds is 5. The molecule has 15 heavy (non-hydrogen) atoms. The maximum absolute atomic E-state index is 10.9. The Hall–Kier alpha value is -1.22. The van der Waals surface area contributed by atoms with Crippen molar-refractivity contribution in [2.75, 3.05) is 12.3 Å². The van der Waals surface area contributed by atoms with E-state index in [-0.39, 0.29) is 0 Å². The minimum Gasteiger partial charge on any atom is -0.491 e. The van der Waals surface area contributed by atoms with Crippen molar-refractivity contribution in [3.8, 4) is 5.75 Å². The minimum absolute atomic E-state index is 0.400. The highest BCUT2D eigenvalue weighted by atomic mass is 35.5. The van der Waals surface area contributed by atoms with Crippen LogP contribution in [0.15, 0.2) is 18.2 Å². The summed E-state index contributed by atoms with van der Waals surface area (Å²) in [6.07, 6.45) is 2.01. The van der Waals surface area contributed by atoms with Crippen molar-refractivity contribution in [2.24, 2.45) is 0 Å². The Morgan fingerprint density at radius 1 is 1.53 bits per heavy atom. The van der Waals surface area contributed by atoms with E-state index in [1.807, 2.05) is 0 Å². The first kappa shape index (κ1) is 11.9. The maximum atomic E-state index is 10.9. The Bertz CT molecular complexity index is 352. The van der Waals surface area contributed by atoms with Crippen LogP contribution in [0.4, 0.5) is 5.69 Å². The lowest BCUT2D eigenvalue weighted by atomic mass is 10.2. The van der Waals surface area contributed by atoms with Gasteiger partial charge < -0.3 is 10.5 Å². The van der Waals surface area contributed by atoms with Gasteiger partial charge in [0, 0.05) is 5.56 Å². The smallest absolute Gasteiger partial charge is 0.252 e. The number of nitrogens with two attached hydrogens (primary N) is 1. The highest BCUT2D eigenvalue weighted by molar-refractivity contribution is 6.67. The Kier molecular flexibility index (Phi) is 4.43. The van der Waals surface area contributed by atoms with Crippen molar-refractivity contribution in [2.45, 2.75) is 19.8 Å². The fourth-order valence-electron chi connectivity index (χ4n) is 1.11. The molecule has 0 heterocycles. The molecule has 3 nitrogen and oxygen atoms in total. The van der Waals surface area contributed by atoms with Gasteiger partial charge in [-0.15, -0.1) is 0 Å². The molecule has 0 amide bonds. The average molecular weight is 228 g/mol. The van der Waals surface area contributed by atoms with Crippen molar-refractivity contribution in [1.29, 1.82) is 0 Å². The number of anilines is 1. The molecule has 0 saturated carbocycles. The van der Waals surface area contributed by atoms with Gasteiger partial charge in [0.25, 0.3) is 5.24 Å². The lowest BCUT2D eigenvalue weighted by Gasteiger charge is -2.08. The zero-order valence-electron chi connectivity index (χ0n) is 8.63. The summed E-state index contributed by atoms with van der Waals surface area (Å²) in [7, 11) is 0. The molecule has 0 bridgehead atoms. The summed E-state index contributed by atoms with van der Waals surface area (Å²) < 4.78 is 5.43. The molecule has 0 unspecified atom stereocenters. The normalized spacial score (nSPS) is 10.0. The molecule has 0 saturated heterocycles. The van der Waals surface area contributed by atoms with Gasteiger partial charge in [-0.2, -0.15) is 0 Å². The Labute approximate surface area is 94.2 Å². The minimum atomic E-state index is -0.504. The average Bonchev–Trinajstić information content (AvgIpc) is 2.20. The first-order valence-corrected chi connectivity index (χ1v) is 5.25. The number of halogens is 1. The number of unbranched alkanes of at least 4 members (excludes halogenated alkanes) is 1. The van der Waals surface area contributed by atoms with Crippen LogP contribution in [0.25, 0.3) is 0 Å². The van der Waals surface area contributed by atoms with Gasteiger partial charge >= 0.3 is 0 Å². The van der Waals surface area contributed by atoms with Crippen LogP contribution in [0.3, 0.4) is 0 Å². The summed E-state index contributed by atoms with van der Waals surface area (Å²) in [4.78, 5) is 10.9. The van der Waals surface area contributed by atoms with Gasteiger partial charge in [0.15, 0.2) is 0 Å². The summed E-state index contributed by atoms with van der Waals surface area (Å²) in [6.45, 7) is 2.67. The molecule has 2 N–H and O–H groups in total. The van der Waals surface area contributed by atoms with Gasteiger partial charge in [0.05, 0.1) is 12.3 Å². The molecule has 82 valence electrons. The predicted molar refractivity (Wildman–Crippen MR) is 61.4 cm³/mol. The van der Waals surface area contributed by atoms with E-state index in [9.17, 15) is 4.79 Å². The quantitative estimate of drug-likeness (QED) is 0.478. The van der Waals surface area contributed by atoms with Crippen LogP contribution < -0.4 is 10.5 Å². The van der Waals surface area contributed by atoms with Crippen LogP contribution in [-0.4, -0.2) is 11.8 Å². The summed E-state index contributed by atoms with van der Waals surface area (Å²) in [5, 5.41) is -0.504. The molecular formula is C11H14ClNO2. The van der Waals surface area contributed by atoms with E-state index in [1.165, 1.54) is 0 Å². The second-order valence-electron chi connectivity index (χ2n) is 3.23. The topological polar surface area (TPSA) is 52.3 Å². The van der Waals surface area contributed by atoms with Gasteiger partial charge in [-0.1, -0.05) is 13.3 Å². The second kappa shape index (κ2) is 5.61. The molecule has 1 aromatic rings. The molecule has 0 atom stereocenters. The third-order valence-electron chi connectivity index (χ3n) is 2.00. The molecule has 0 spiro atoms. The van der Waals surface area contributed by atoms with Gasteiger partial charge in [0.2, 0.25) is 0 Å². The SMILES string of the molecule is CCCCOc1cc(C(=O)Cl)ccc1N. The number of hydrogen-bond acceptors (Lipinski definition) is 3. The third kappa shape index (κ3) is 3.44. The van der Waals surface area contributed by atoms with Gasteiger partial charge in [-0.05, 0) is 36.2 Å². The molecular weight excluding hydrogens is 214 g/mol. The molecule has 0 fully saturated rings. The maximum Gasteiger partial charge on any atom is 0.252 e. The van der Waals surface area contributed by atoms with E-state index in [0.29, 0.717) is 23.6 Å². The Morgan fingerprint density at radius 3 is 2.87 bits per heavy atom. The molecule has 0 radical (unpaired) electrons. The standard InChI is InChI=1S/C11H14ClNO2/c1-2-3-6-15-10-7-8(11(12)14)4-5-9(10)13/h4-5,7H,2-3,6,13H2,1H3. The largest absolute Gasteiger partial charge is 0.491 e. The Morgan fingerprint density at radius 2 is 2.27 bits per heavy atom. The van der Waals surface area contributed by atoms with E-state index in [0.717, 1.165) is 12.8 Å². The van der Waals surface area contributed by atoms with Crippen LogP contribution in [0, 0.1) is 0 Å². The van der Waals surface area contributed by atoms with Gasteiger partial charge in [-0.3, -0.25) is 4.79 Å². The first-order valence-electron chi connectivity index (χ1n) is 4.87. The van der Waals surface area contributed by atoms with Crippen molar-refractivity contribution < 1.29 is 9.53 Å². The van der Waals surface area contributed by atoms with Crippen LogP contribution in [0.1, 0.15) is 30.1 Å². The van der Waals surface area contributed by atoms with E-state index in [4.69, 9.17) is 22.1 Å². The Balaban J connectivity index is 2.76. The highest BCUT2D eigenvalue weighted by Gasteiger charge is 2.06. The summed E-state index contributed by atoms with van der Waals surface area (Å²) in [5.74, 6) is 0.523. The zero-order valence-corrected chi connectivity index (χ0v) is 9.38. The molecule has 0 aromatic heterocycles. The van der Waals surface area contributed by atoms with E-state index in [2.05, 4.69) is 6.92 Å². The van der Waals surface area contributed by atoms with E-state index >= 15 is 0 Å². The monoisotopic (exact) mass is 227 g/mol. The van der Waals surface area contributed by atoms with Crippen molar-refractivity contribution >= 4 is 22.5 Å². The van der Waals surface area contributed by atoms with Gasteiger partial charge in [-0.25, -0.2) is 0 Å². The first-order chi connectivity index (χ1) is 7.15. The van der Waals surface area contributed by atoms with Crippen LogP contribution in [-0.2, 0) is 0 Å². The molecule has 0 aliphatic rings. The van der Waals surface area contributed by atoms with E-state index in [1.54, 1.807) is 18.2 Å². The molecule has 0 aliphatic heterocycles. The number of nitrogen functional groups attached to an aromatic ring is 1. The summed E-state index contributed by atoms with van der Waals surface area (Å²) >= 11 is 5.35. The predicted octanol–water partition coefficient (Wildman–Crippen LogP) is 2.83. The van der Waals surface area contributed by atoms with E-state index < -0.39 is 5.24 Å². The number of benzene rings is 1. The summed E-state index contributed by atoms with van der Waals surface area (Å²) in [5.41, 5.74) is 6.61. The molecule has 4 heteroatoms. The highest BCUT2D eigenvalue weighted by Crippen LogP contribution is 2.23.